The molecule has 0 atom stereocenters. The summed E-state index contributed by atoms with van der Waals surface area (Å²) in [4.78, 5) is 59.6. The lowest BCUT2D eigenvalue weighted by Gasteiger charge is -2.34. The average molecular weight is 593 g/mol. The van der Waals surface area contributed by atoms with Gasteiger partial charge in [0, 0.05) is 56.5 Å². The molecule has 1 aromatic carbocycles. The maximum absolute atomic E-state index is 13.5. The SMILES string of the molecule is COc1cc(OC)c(C(=O)NC2=NC(C(=O)N(C)CCN(C(C)C)C(C)C)=CS23OC(=O)C=CC(=O)O3)cc1OC. The summed E-state index contributed by atoms with van der Waals surface area (Å²) in [5.74, 6) is -2.36. The quantitative estimate of drug-likeness (QED) is 0.430. The smallest absolute Gasteiger partial charge is 0.354 e. The van der Waals surface area contributed by atoms with Crippen LogP contribution in [0.2, 0.25) is 0 Å². The Kier molecular flexibility index (Phi) is 10.0. The predicted molar refractivity (Wildman–Crippen MR) is 153 cm³/mol. The summed E-state index contributed by atoms with van der Waals surface area (Å²) >= 11 is 0. The zero-order valence-corrected chi connectivity index (χ0v) is 25.2. The Morgan fingerprint density at radius 2 is 1.44 bits per heavy atom. The fourth-order valence-electron chi connectivity index (χ4n) is 4.23. The second-order valence-electron chi connectivity index (χ2n) is 9.62. The average Bonchev–Trinajstić information content (AvgIpc) is 3.17. The van der Waals surface area contributed by atoms with Crippen molar-refractivity contribution in [3.63, 3.8) is 0 Å². The van der Waals surface area contributed by atoms with Crippen molar-refractivity contribution in [1.29, 1.82) is 0 Å². The van der Waals surface area contributed by atoms with E-state index in [1.165, 1.54) is 43.8 Å². The minimum absolute atomic E-state index is 0.0196. The number of likely N-dealkylation sites (N-methyl/N-ethyl adjacent to an activating group) is 1. The largest absolute Gasteiger partial charge is 0.496 e. The van der Waals surface area contributed by atoms with Gasteiger partial charge in [-0.2, -0.15) is 0 Å². The molecule has 2 aliphatic rings. The van der Waals surface area contributed by atoms with Crippen molar-refractivity contribution < 1.29 is 41.8 Å². The Morgan fingerprint density at radius 3 is 1.95 bits per heavy atom. The normalized spacial score (nSPS) is 16.6. The van der Waals surface area contributed by atoms with E-state index in [0.29, 0.717) is 18.8 Å². The highest BCUT2D eigenvalue weighted by Crippen LogP contribution is 2.58. The Hall–Kier alpha value is -4.04. The molecule has 0 saturated carbocycles. The molecule has 2 heterocycles. The molecule has 0 bridgehead atoms. The minimum Gasteiger partial charge on any atom is -0.496 e. The van der Waals surface area contributed by atoms with Gasteiger partial charge in [0.1, 0.15) is 11.4 Å². The summed E-state index contributed by atoms with van der Waals surface area (Å²) in [6, 6.07) is 3.38. The maximum Gasteiger partial charge on any atom is 0.354 e. The van der Waals surface area contributed by atoms with E-state index in [1.807, 2.05) is 0 Å². The molecule has 0 unspecified atom stereocenters. The second-order valence-corrected chi connectivity index (χ2v) is 11.7. The first-order valence-electron chi connectivity index (χ1n) is 12.8. The van der Waals surface area contributed by atoms with Crippen molar-refractivity contribution in [3.05, 3.63) is 41.0 Å². The Morgan fingerprint density at radius 1 is 0.902 bits per heavy atom. The van der Waals surface area contributed by atoms with Crippen molar-refractivity contribution in [2.45, 2.75) is 39.8 Å². The molecule has 13 nitrogen and oxygen atoms in total. The fraction of sp³-hybridized carbons (Fsp3) is 0.444. The number of hydrogen-bond donors (Lipinski definition) is 1. The lowest BCUT2D eigenvalue weighted by Crippen LogP contribution is -2.43. The summed E-state index contributed by atoms with van der Waals surface area (Å²) in [6.07, 6.45) is 1.79. The predicted octanol–water partition coefficient (Wildman–Crippen LogP) is 2.52. The number of benzene rings is 1. The van der Waals surface area contributed by atoms with Gasteiger partial charge in [-0.05, 0) is 38.3 Å². The molecule has 0 radical (unpaired) electrons. The molecule has 41 heavy (non-hydrogen) atoms. The fourth-order valence-corrected chi connectivity index (χ4v) is 6.13. The van der Waals surface area contributed by atoms with Crippen LogP contribution in [-0.2, 0) is 22.7 Å². The van der Waals surface area contributed by atoms with E-state index < -0.39 is 34.3 Å². The van der Waals surface area contributed by atoms with Gasteiger partial charge in [0.05, 0.1) is 32.3 Å². The van der Waals surface area contributed by atoms with Crippen LogP contribution in [0.25, 0.3) is 0 Å². The standard InChI is InChI=1S/C27H36N4O9S/c1-16(2)31(17(3)4)12-11-30(5)26(35)19-15-41(39-23(32)9-10-24(33)40-41)27(28-19)29-25(34)18-13-21(37-7)22(38-8)14-20(18)36-6/h9-10,13-17H,11-12H2,1-8H3,(H,28,29,34). The second kappa shape index (κ2) is 13.1. The summed E-state index contributed by atoms with van der Waals surface area (Å²) in [6.45, 7) is 9.26. The molecule has 3 rings (SSSR count). The molecule has 0 aliphatic carbocycles. The van der Waals surface area contributed by atoms with E-state index in [9.17, 15) is 19.2 Å². The topological polar surface area (TPSA) is 145 Å². The first-order chi connectivity index (χ1) is 19.3. The van der Waals surface area contributed by atoms with E-state index in [-0.39, 0.29) is 40.0 Å². The van der Waals surface area contributed by atoms with E-state index >= 15 is 0 Å². The van der Waals surface area contributed by atoms with Crippen LogP contribution in [0.15, 0.2) is 40.4 Å². The first-order valence-corrected chi connectivity index (χ1v) is 14.3. The molecule has 0 saturated heterocycles. The third-order valence-electron chi connectivity index (χ3n) is 6.28. The minimum atomic E-state index is -3.44. The number of amidine groups is 1. The molecule has 0 fully saturated rings. The molecule has 2 aliphatic heterocycles. The van der Waals surface area contributed by atoms with Crippen LogP contribution < -0.4 is 19.5 Å². The van der Waals surface area contributed by atoms with Gasteiger partial charge >= 0.3 is 11.9 Å². The Labute approximate surface area is 240 Å². The number of methoxy groups -OCH3 is 3. The van der Waals surface area contributed by atoms with Crippen LogP contribution in [0.3, 0.4) is 0 Å². The molecule has 1 spiro atoms. The summed E-state index contributed by atoms with van der Waals surface area (Å²) in [5, 5.41) is 3.42. The van der Waals surface area contributed by atoms with Crippen molar-refractivity contribution in [3.8, 4) is 17.2 Å². The Bertz CT molecular complexity index is 1280. The number of carbonyl (C=O) groups is 4. The van der Waals surface area contributed by atoms with Crippen LogP contribution in [0.1, 0.15) is 38.1 Å². The number of nitrogens with one attached hydrogen (secondary N) is 1. The van der Waals surface area contributed by atoms with E-state index in [0.717, 1.165) is 12.2 Å². The third kappa shape index (κ3) is 7.00. The lowest BCUT2D eigenvalue weighted by atomic mass is 10.1. The molecule has 14 heteroatoms. The highest BCUT2D eigenvalue weighted by molar-refractivity contribution is 8.41. The van der Waals surface area contributed by atoms with Gasteiger partial charge in [-0.3, -0.25) is 19.8 Å². The highest BCUT2D eigenvalue weighted by atomic mass is 32.3. The number of nitrogens with zero attached hydrogens (tertiary/aromatic N) is 3. The van der Waals surface area contributed by atoms with Crippen molar-refractivity contribution >= 4 is 39.5 Å². The zero-order chi connectivity index (χ0) is 30.5. The van der Waals surface area contributed by atoms with Gasteiger partial charge < -0.3 is 27.5 Å². The third-order valence-corrected chi connectivity index (χ3v) is 8.37. The van der Waals surface area contributed by atoms with Gasteiger partial charge in [-0.15, -0.1) is 0 Å². The number of rotatable bonds is 10. The van der Waals surface area contributed by atoms with Gasteiger partial charge in [-0.25, -0.2) is 14.6 Å². The molecule has 224 valence electrons. The maximum atomic E-state index is 13.5. The molecule has 2 amide bonds. The summed E-state index contributed by atoms with van der Waals surface area (Å²) in [7, 11) is 2.38. The molecule has 1 aromatic rings. The Balaban J connectivity index is 1.96. The molecular weight excluding hydrogens is 556 g/mol. The van der Waals surface area contributed by atoms with Crippen LogP contribution >= 0.6 is 10.6 Å². The number of hydrogen-bond acceptors (Lipinski definition) is 11. The number of aliphatic imine (C=N–C) groups is 1. The summed E-state index contributed by atoms with van der Waals surface area (Å²) in [5.41, 5.74) is -0.133. The van der Waals surface area contributed by atoms with Gasteiger partial charge in [-0.1, -0.05) is 0 Å². The van der Waals surface area contributed by atoms with Gasteiger partial charge in [0.15, 0.2) is 11.5 Å². The van der Waals surface area contributed by atoms with Gasteiger partial charge in [0.25, 0.3) is 11.8 Å². The molecule has 0 aromatic heterocycles. The zero-order valence-electron chi connectivity index (χ0n) is 24.4. The molecular formula is C27H36N4O9S. The van der Waals surface area contributed by atoms with Crippen LogP contribution in [0.4, 0.5) is 0 Å². The lowest BCUT2D eigenvalue weighted by molar-refractivity contribution is -0.129. The van der Waals surface area contributed by atoms with Crippen molar-refractivity contribution in [1.82, 2.24) is 15.1 Å². The number of ether oxygens (including phenoxy) is 3. The van der Waals surface area contributed by atoms with Crippen LogP contribution in [-0.4, -0.2) is 92.3 Å². The van der Waals surface area contributed by atoms with Gasteiger partial charge in [0.2, 0.25) is 5.17 Å². The highest BCUT2D eigenvalue weighted by Gasteiger charge is 2.42. The van der Waals surface area contributed by atoms with Crippen molar-refractivity contribution in [2.75, 3.05) is 41.5 Å². The van der Waals surface area contributed by atoms with E-state index in [2.05, 4.69) is 42.9 Å². The van der Waals surface area contributed by atoms with Crippen molar-refractivity contribution in [2.24, 2.45) is 4.99 Å². The first kappa shape index (κ1) is 31.5. The van der Waals surface area contributed by atoms with E-state index in [1.54, 1.807) is 7.05 Å². The monoisotopic (exact) mass is 592 g/mol. The number of carbonyl (C=O) groups excluding carboxylic acids is 4. The van der Waals surface area contributed by atoms with E-state index in [4.69, 9.17) is 22.6 Å². The number of amides is 2. The molecule has 1 N–H and O–H groups in total. The van der Waals surface area contributed by atoms with Crippen LogP contribution in [0.5, 0.6) is 17.2 Å². The summed E-state index contributed by atoms with van der Waals surface area (Å²) < 4.78 is 26.9. The van der Waals surface area contributed by atoms with Crippen LogP contribution in [0, 0.1) is 0 Å².